The smallest absolute Gasteiger partial charge is 0.239 e. The number of aliphatic hydroxyl groups is 1. The van der Waals surface area contributed by atoms with Crippen molar-refractivity contribution in [1.29, 1.82) is 0 Å². The zero-order chi connectivity index (χ0) is 27.3. The van der Waals surface area contributed by atoms with Gasteiger partial charge in [-0.3, -0.25) is 9.47 Å². The average molecular weight is 564 g/mol. The monoisotopic (exact) mass is 563 g/mol. The summed E-state index contributed by atoms with van der Waals surface area (Å²) in [6.45, 7) is 10.2. The van der Waals surface area contributed by atoms with Gasteiger partial charge >= 0.3 is 0 Å². The van der Waals surface area contributed by atoms with Crippen LogP contribution in [0.1, 0.15) is 56.5 Å². The molecule has 1 atom stereocenters. The molecule has 7 rings (SSSR count). The van der Waals surface area contributed by atoms with Crippen LogP contribution in [0.4, 0.5) is 5.82 Å². The molecule has 3 saturated heterocycles. The Bertz CT molecular complexity index is 1490. The quantitative estimate of drug-likeness (QED) is 0.372. The van der Waals surface area contributed by atoms with E-state index in [2.05, 4.69) is 20.4 Å². The van der Waals surface area contributed by atoms with Gasteiger partial charge in [0.05, 0.1) is 36.4 Å². The highest BCUT2D eigenvalue weighted by Crippen LogP contribution is 2.36. The normalized spacial score (nSPS) is 21.7. The number of aromatic nitrogens is 5. The van der Waals surface area contributed by atoms with Crippen molar-refractivity contribution in [3.05, 3.63) is 35.1 Å². The van der Waals surface area contributed by atoms with Crippen LogP contribution in [0.2, 0.25) is 0 Å². The summed E-state index contributed by atoms with van der Waals surface area (Å²) in [5.74, 6) is 2.69. The molecule has 4 aromatic rings. The second-order valence-corrected chi connectivity index (χ2v) is 12.8. The molecule has 10 nitrogen and oxygen atoms in total. The number of hydrogen-bond donors (Lipinski definition) is 1. The van der Waals surface area contributed by atoms with Crippen LogP contribution in [0, 0.1) is 5.92 Å². The second-order valence-electron chi connectivity index (χ2n) is 11.7. The van der Waals surface area contributed by atoms with Crippen molar-refractivity contribution in [1.82, 2.24) is 29.4 Å². The van der Waals surface area contributed by atoms with E-state index in [9.17, 15) is 5.11 Å². The fourth-order valence-electron chi connectivity index (χ4n) is 6.24. The minimum Gasteiger partial charge on any atom is -0.390 e. The molecule has 6 heterocycles. The predicted octanol–water partition coefficient (Wildman–Crippen LogP) is 4.10. The maximum Gasteiger partial charge on any atom is 0.239 e. The first kappa shape index (κ1) is 26.2. The first-order chi connectivity index (χ1) is 19.4. The Morgan fingerprint density at radius 2 is 1.77 bits per heavy atom. The first-order valence-corrected chi connectivity index (χ1v) is 15.3. The van der Waals surface area contributed by atoms with Crippen molar-refractivity contribution in [3.8, 4) is 5.95 Å². The number of imidazole rings is 1. The molecule has 212 valence electrons. The summed E-state index contributed by atoms with van der Waals surface area (Å²) in [5.41, 5.74) is 2.14. The highest BCUT2D eigenvalue weighted by atomic mass is 32.1. The lowest BCUT2D eigenvalue weighted by Gasteiger charge is -2.37. The number of thiazole rings is 1. The first-order valence-electron chi connectivity index (χ1n) is 14.5. The van der Waals surface area contributed by atoms with Crippen LogP contribution < -0.4 is 4.90 Å². The van der Waals surface area contributed by atoms with E-state index in [1.165, 1.54) is 0 Å². The van der Waals surface area contributed by atoms with Crippen molar-refractivity contribution in [2.45, 2.75) is 57.8 Å². The van der Waals surface area contributed by atoms with Crippen molar-refractivity contribution in [2.75, 3.05) is 50.9 Å². The number of benzene rings is 1. The van der Waals surface area contributed by atoms with E-state index >= 15 is 0 Å². The van der Waals surface area contributed by atoms with Gasteiger partial charge in [-0.1, -0.05) is 23.5 Å². The van der Waals surface area contributed by atoms with Gasteiger partial charge < -0.3 is 19.5 Å². The number of piperidine rings is 1. The summed E-state index contributed by atoms with van der Waals surface area (Å²) in [6.07, 6.45) is 3.89. The molecule has 3 aromatic heterocycles. The molecule has 0 aliphatic carbocycles. The lowest BCUT2D eigenvalue weighted by atomic mass is 9.83. The topological polar surface area (TPSA) is 102 Å². The Morgan fingerprint density at radius 1 is 0.975 bits per heavy atom. The van der Waals surface area contributed by atoms with Gasteiger partial charge in [-0.2, -0.15) is 9.97 Å². The second kappa shape index (κ2) is 10.6. The Balaban J connectivity index is 1.28. The van der Waals surface area contributed by atoms with Crippen molar-refractivity contribution in [3.63, 3.8) is 0 Å². The van der Waals surface area contributed by atoms with E-state index < -0.39 is 5.60 Å². The van der Waals surface area contributed by atoms with Gasteiger partial charge in [0.1, 0.15) is 22.5 Å². The minimum absolute atomic E-state index is 0.0672. The number of fused-ring (bicyclic) bond motifs is 2. The van der Waals surface area contributed by atoms with Gasteiger partial charge in [-0.15, -0.1) is 0 Å². The number of rotatable bonds is 6. The molecule has 0 radical (unpaired) electrons. The molecule has 1 unspecified atom stereocenters. The van der Waals surface area contributed by atoms with Crippen LogP contribution in [0.25, 0.3) is 27.3 Å². The highest BCUT2D eigenvalue weighted by molar-refractivity contribution is 7.18. The number of morpholine rings is 1. The van der Waals surface area contributed by atoms with Crippen LogP contribution in [0.3, 0.4) is 0 Å². The largest absolute Gasteiger partial charge is 0.390 e. The molecule has 11 heteroatoms. The Morgan fingerprint density at radius 3 is 2.52 bits per heavy atom. The Labute approximate surface area is 238 Å². The van der Waals surface area contributed by atoms with E-state index in [-0.39, 0.29) is 6.10 Å². The van der Waals surface area contributed by atoms with Crippen LogP contribution in [0.5, 0.6) is 0 Å². The maximum absolute atomic E-state index is 10.5. The van der Waals surface area contributed by atoms with Crippen molar-refractivity contribution < 1.29 is 14.6 Å². The summed E-state index contributed by atoms with van der Waals surface area (Å²) in [6, 6.07) is 8.17. The Hall–Kier alpha value is -2.70. The van der Waals surface area contributed by atoms with E-state index in [0.717, 1.165) is 103 Å². The molecule has 3 fully saturated rings. The average Bonchev–Trinajstić information content (AvgIpc) is 3.71. The number of likely N-dealkylation sites (tertiary alicyclic amines) is 1. The lowest BCUT2D eigenvalue weighted by Crippen LogP contribution is -2.41. The van der Waals surface area contributed by atoms with E-state index in [4.69, 9.17) is 29.4 Å². The van der Waals surface area contributed by atoms with Gasteiger partial charge in [0, 0.05) is 19.7 Å². The van der Waals surface area contributed by atoms with Crippen LogP contribution >= 0.6 is 11.3 Å². The molecule has 0 bridgehead atoms. The van der Waals surface area contributed by atoms with E-state index in [1.807, 2.05) is 32.0 Å². The van der Waals surface area contributed by atoms with Crippen LogP contribution in [-0.2, 0) is 16.0 Å². The zero-order valence-corrected chi connectivity index (χ0v) is 24.1. The fourth-order valence-corrected chi connectivity index (χ4v) is 7.21. The molecule has 1 aromatic carbocycles. The molecule has 1 N–H and O–H groups in total. The van der Waals surface area contributed by atoms with E-state index in [1.54, 1.807) is 11.3 Å². The molecular formula is C29H37N7O3S. The highest BCUT2D eigenvalue weighted by Gasteiger charge is 2.32. The number of nitrogens with zero attached hydrogens (tertiary/aromatic N) is 7. The standard InChI is InChI=1S/C29H37N7O3S/c1-29(2,37)19-9-11-34(12-10-19)18-23-31-24-26(35-13-16-38-17-14-35)32-28(33-27(24)40-23)36-21-7-4-3-6-20(21)30-25(36)22-8-5-15-39-22/h3-4,6-7,19,22,37H,5,8-18H2,1-2H3. The molecule has 0 amide bonds. The van der Waals surface area contributed by atoms with Crippen LogP contribution in [-0.4, -0.2) is 86.1 Å². The van der Waals surface area contributed by atoms with Gasteiger partial charge in [0.25, 0.3) is 0 Å². The van der Waals surface area contributed by atoms with Gasteiger partial charge in [-0.05, 0) is 70.7 Å². The lowest BCUT2D eigenvalue weighted by molar-refractivity contribution is -0.0136. The molecular weight excluding hydrogens is 526 g/mol. The third-order valence-corrected chi connectivity index (χ3v) is 9.47. The van der Waals surface area contributed by atoms with Gasteiger partial charge in [0.15, 0.2) is 10.6 Å². The summed E-state index contributed by atoms with van der Waals surface area (Å²) in [7, 11) is 0. The summed E-state index contributed by atoms with van der Waals surface area (Å²) < 4.78 is 13.8. The summed E-state index contributed by atoms with van der Waals surface area (Å²) in [4.78, 5) is 26.0. The number of hydrogen-bond acceptors (Lipinski definition) is 10. The third-order valence-electron chi connectivity index (χ3n) is 8.53. The SMILES string of the molecule is CC(C)(O)C1CCN(Cc2nc3c(N4CCOCC4)nc(-n4c(C5CCCO5)nc5ccccc54)nc3s2)CC1. The maximum atomic E-state index is 10.5. The number of para-hydroxylation sites is 2. The molecule has 3 aliphatic rings. The third kappa shape index (κ3) is 4.98. The van der Waals surface area contributed by atoms with Gasteiger partial charge in [-0.25, -0.2) is 9.97 Å². The number of ether oxygens (including phenoxy) is 2. The molecule has 3 aliphatic heterocycles. The van der Waals surface area contributed by atoms with Crippen molar-refractivity contribution in [2.24, 2.45) is 5.92 Å². The van der Waals surface area contributed by atoms with E-state index in [0.29, 0.717) is 25.1 Å². The fraction of sp³-hybridized carbons (Fsp3) is 0.586. The zero-order valence-electron chi connectivity index (χ0n) is 23.3. The summed E-state index contributed by atoms with van der Waals surface area (Å²) in [5, 5.41) is 11.5. The van der Waals surface area contributed by atoms with Gasteiger partial charge in [0.2, 0.25) is 5.95 Å². The summed E-state index contributed by atoms with van der Waals surface area (Å²) >= 11 is 1.65. The minimum atomic E-state index is -0.624. The molecule has 40 heavy (non-hydrogen) atoms. The Kier molecular flexibility index (Phi) is 6.95. The molecule has 0 spiro atoms. The molecule has 0 saturated carbocycles. The predicted molar refractivity (Wildman–Crippen MR) is 155 cm³/mol. The number of anilines is 1. The van der Waals surface area contributed by atoms with Crippen LogP contribution in [0.15, 0.2) is 24.3 Å². The van der Waals surface area contributed by atoms with Crippen molar-refractivity contribution >= 4 is 38.5 Å².